The highest BCUT2D eigenvalue weighted by atomic mass is 35.5. The Bertz CT molecular complexity index is 654. The Morgan fingerprint density at radius 1 is 0.857 bits per heavy atom. The first-order valence-corrected chi connectivity index (χ1v) is 9.01. The van der Waals surface area contributed by atoms with Crippen LogP contribution in [0.5, 0.6) is 0 Å². The molecule has 0 aliphatic carbocycles. The van der Waals surface area contributed by atoms with Crippen molar-refractivity contribution in [1.29, 1.82) is 0 Å². The lowest BCUT2D eigenvalue weighted by atomic mass is 10.1. The van der Waals surface area contributed by atoms with Crippen molar-refractivity contribution in [3.8, 4) is 11.1 Å². The molecule has 0 aromatic heterocycles. The van der Waals surface area contributed by atoms with Crippen molar-refractivity contribution in [2.45, 2.75) is 12.8 Å². The third-order valence-electron chi connectivity index (χ3n) is 3.06. The van der Waals surface area contributed by atoms with Gasteiger partial charge in [-0.2, -0.15) is 0 Å². The number of benzene rings is 2. The lowest BCUT2D eigenvalue weighted by molar-refractivity contribution is 0.598. The average Bonchev–Trinajstić information content (AvgIpc) is 2.49. The molecule has 3 nitrogen and oxygen atoms in total. The second-order valence-electron chi connectivity index (χ2n) is 4.76. The van der Waals surface area contributed by atoms with Gasteiger partial charge in [-0.05, 0) is 36.1 Å². The summed E-state index contributed by atoms with van der Waals surface area (Å²) in [6.07, 6.45) is 1.27. The Labute approximate surface area is 131 Å². The molecule has 112 valence electrons. The number of rotatable bonds is 7. The fraction of sp³-hybridized carbons (Fsp3) is 0.250. The number of halogens is 1. The Balaban J connectivity index is 2.03. The summed E-state index contributed by atoms with van der Waals surface area (Å²) in [5.74, 6) is 0.585. The van der Waals surface area contributed by atoms with Gasteiger partial charge in [0.1, 0.15) is 0 Å². The van der Waals surface area contributed by atoms with Crippen LogP contribution in [-0.4, -0.2) is 20.1 Å². The summed E-state index contributed by atoms with van der Waals surface area (Å²) in [6.45, 7) is 0. The largest absolute Gasteiger partial charge is 0.284 e. The molecule has 0 spiro atoms. The molecule has 0 radical (unpaired) electrons. The lowest BCUT2D eigenvalue weighted by Gasteiger charge is -2.08. The zero-order valence-corrected chi connectivity index (χ0v) is 13.2. The van der Waals surface area contributed by atoms with Crippen LogP contribution >= 0.6 is 11.6 Å². The van der Waals surface area contributed by atoms with E-state index in [1.807, 2.05) is 42.5 Å². The molecule has 0 bridgehead atoms. The van der Waals surface area contributed by atoms with Crippen LogP contribution in [0.3, 0.4) is 0 Å². The normalized spacial score (nSPS) is 11.3. The van der Waals surface area contributed by atoms with Gasteiger partial charge in [0.15, 0.2) is 0 Å². The molecule has 0 aliphatic rings. The molecule has 0 saturated carbocycles. The van der Waals surface area contributed by atoms with E-state index in [4.69, 9.17) is 11.6 Å². The molecular weight excluding hydrogens is 306 g/mol. The van der Waals surface area contributed by atoms with Crippen molar-refractivity contribution in [3.05, 3.63) is 54.6 Å². The highest BCUT2D eigenvalue weighted by molar-refractivity contribution is 7.92. The standard InChI is InChI=1S/C16H18ClNO2S/c17-12-4-5-13-21(19,20)18-16-10-8-15(9-11-16)14-6-2-1-3-7-14/h1-3,6-11,18H,4-5,12-13H2. The zero-order valence-electron chi connectivity index (χ0n) is 11.6. The maximum Gasteiger partial charge on any atom is 0.232 e. The maximum atomic E-state index is 11.9. The van der Waals surface area contributed by atoms with Crippen molar-refractivity contribution in [2.24, 2.45) is 0 Å². The number of sulfonamides is 1. The average molecular weight is 324 g/mol. The highest BCUT2D eigenvalue weighted by Crippen LogP contribution is 2.21. The predicted molar refractivity (Wildman–Crippen MR) is 89.2 cm³/mol. The Morgan fingerprint density at radius 3 is 2.10 bits per heavy atom. The summed E-state index contributed by atoms with van der Waals surface area (Å²) in [7, 11) is -3.29. The van der Waals surface area contributed by atoms with Gasteiger partial charge >= 0.3 is 0 Å². The Kier molecular flexibility index (Phi) is 5.65. The van der Waals surface area contributed by atoms with Crippen molar-refractivity contribution in [3.63, 3.8) is 0 Å². The minimum absolute atomic E-state index is 0.0974. The molecule has 0 atom stereocenters. The van der Waals surface area contributed by atoms with Gasteiger partial charge < -0.3 is 0 Å². The molecule has 0 amide bonds. The van der Waals surface area contributed by atoms with E-state index in [-0.39, 0.29) is 5.75 Å². The van der Waals surface area contributed by atoms with Crippen molar-refractivity contribution in [2.75, 3.05) is 16.4 Å². The van der Waals surface area contributed by atoms with E-state index < -0.39 is 10.0 Å². The van der Waals surface area contributed by atoms with Gasteiger partial charge in [-0.3, -0.25) is 4.72 Å². The van der Waals surface area contributed by atoms with Crippen molar-refractivity contribution >= 4 is 27.3 Å². The van der Waals surface area contributed by atoms with Gasteiger partial charge in [0.25, 0.3) is 0 Å². The second-order valence-corrected chi connectivity index (χ2v) is 6.98. The van der Waals surface area contributed by atoms with Crippen LogP contribution in [0.1, 0.15) is 12.8 Å². The first-order valence-electron chi connectivity index (χ1n) is 6.83. The Hall–Kier alpha value is -1.52. The third-order valence-corrected chi connectivity index (χ3v) is 4.70. The Morgan fingerprint density at radius 2 is 1.48 bits per heavy atom. The number of nitrogens with one attached hydrogen (secondary N) is 1. The molecule has 0 fully saturated rings. The van der Waals surface area contributed by atoms with Crippen molar-refractivity contribution in [1.82, 2.24) is 0 Å². The fourth-order valence-electron chi connectivity index (χ4n) is 1.98. The molecule has 0 aliphatic heterocycles. The van der Waals surface area contributed by atoms with Gasteiger partial charge in [0.2, 0.25) is 10.0 Å². The number of hydrogen-bond acceptors (Lipinski definition) is 2. The number of anilines is 1. The first kappa shape index (κ1) is 15.9. The minimum atomic E-state index is -3.29. The first-order chi connectivity index (χ1) is 10.1. The number of unbranched alkanes of at least 4 members (excludes halogenated alkanes) is 1. The highest BCUT2D eigenvalue weighted by Gasteiger charge is 2.09. The molecule has 0 saturated heterocycles. The summed E-state index contributed by atoms with van der Waals surface area (Å²) < 4.78 is 26.3. The molecular formula is C16H18ClNO2S. The van der Waals surface area contributed by atoms with Crippen LogP contribution in [0.2, 0.25) is 0 Å². The quantitative estimate of drug-likeness (QED) is 0.615. The molecule has 1 N–H and O–H groups in total. The molecule has 2 aromatic carbocycles. The van der Waals surface area contributed by atoms with E-state index in [1.54, 1.807) is 12.1 Å². The van der Waals surface area contributed by atoms with Crippen LogP contribution in [0.15, 0.2) is 54.6 Å². The van der Waals surface area contributed by atoms with Gasteiger partial charge in [-0.15, -0.1) is 11.6 Å². The molecule has 0 unspecified atom stereocenters. The second kappa shape index (κ2) is 7.48. The van der Waals surface area contributed by atoms with Gasteiger partial charge in [0, 0.05) is 11.6 Å². The number of alkyl halides is 1. The fourth-order valence-corrected chi connectivity index (χ4v) is 3.35. The molecule has 2 rings (SSSR count). The van der Waals surface area contributed by atoms with Gasteiger partial charge in [-0.1, -0.05) is 42.5 Å². The molecule has 5 heteroatoms. The SMILES string of the molecule is O=S(=O)(CCCCCl)Nc1ccc(-c2ccccc2)cc1. The smallest absolute Gasteiger partial charge is 0.232 e. The van der Waals surface area contributed by atoms with Crippen LogP contribution in [0, 0.1) is 0 Å². The van der Waals surface area contributed by atoms with E-state index in [0.29, 0.717) is 24.4 Å². The van der Waals surface area contributed by atoms with E-state index in [0.717, 1.165) is 11.1 Å². The summed E-state index contributed by atoms with van der Waals surface area (Å²) in [6, 6.07) is 17.3. The predicted octanol–water partition coefficient (Wildman–Crippen LogP) is 4.11. The van der Waals surface area contributed by atoms with Gasteiger partial charge in [0.05, 0.1) is 5.75 Å². The summed E-state index contributed by atoms with van der Waals surface area (Å²) in [5.41, 5.74) is 2.75. The third kappa shape index (κ3) is 5.06. The van der Waals surface area contributed by atoms with E-state index in [1.165, 1.54) is 0 Å². The molecule has 2 aromatic rings. The summed E-state index contributed by atoms with van der Waals surface area (Å²) in [4.78, 5) is 0. The van der Waals surface area contributed by atoms with Crippen LogP contribution in [-0.2, 0) is 10.0 Å². The van der Waals surface area contributed by atoms with Crippen LogP contribution < -0.4 is 4.72 Å². The minimum Gasteiger partial charge on any atom is -0.284 e. The zero-order chi connectivity index (χ0) is 15.1. The molecule has 21 heavy (non-hydrogen) atoms. The molecule has 0 heterocycles. The van der Waals surface area contributed by atoms with Crippen LogP contribution in [0.25, 0.3) is 11.1 Å². The lowest BCUT2D eigenvalue weighted by Crippen LogP contribution is -2.16. The van der Waals surface area contributed by atoms with E-state index in [2.05, 4.69) is 4.72 Å². The van der Waals surface area contributed by atoms with Gasteiger partial charge in [-0.25, -0.2) is 8.42 Å². The monoisotopic (exact) mass is 323 g/mol. The maximum absolute atomic E-state index is 11.9. The number of hydrogen-bond donors (Lipinski definition) is 1. The van der Waals surface area contributed by atoms with E-state index in [9.17, 15) is 8.42 Å². The topological polar surface area (TPSA) is 46.2 Å². The van der Waals surface area contributed by atoms with Crippen molar-refractivity contribution < 1.29 is 8.42 Å². The van der Waals surface area contributed by atoms with E-state index >= 15 is 0 Å². The summed E-state index contributed by atoms with van der Waals surface area (Å²) >= 11 is 5.55. The summed E-state index contributed by atoms with van der Waals surface area (Å²) in [5, 5.41) is 0. The van der Waals surface area contributed by atoms with Crippen LogP contribution in [0.4, 0.5) is 5.69 Å².